The van der Waals surface area contributed by atoms with Gasteiger partial charge >= 0.3 is 5.97 Å². The molecule has 29 heavy (non-hydrogen) atoms. The van der Waals surface area contributed by atoms with Crippen LogP contribution in [-0.2, 0) is 4.74 Å². The molecule has 2 aromatic carbocycles. The molecule has 0 aliphatic heterocycles. The fourth-order valence-corrected chi connectivity index (χ4v) is 6.37. The van der Waals surface area contributed by atoms with Crippen molar-refractivity contribution in [1.29, 1.82) is 0 Å². The van der Waals surface area contributed by atoms with Crippen LogP contribution in [0.4, 0.5) is 0 Å². The number of carbonyl (C=O) groups is 1. The van der Waals surface area contributed by atoms with Crippen molar-refractivity contribution in [2.75, 3.05) is 0 Å². The fraction of sp³-hybridized carbons (Fsp3) is 0.269. The van der Waals surface area contributed by atoms with Crippen LogP contribution in [0.25, 0.3) is 15.0 Å². The second-order valence-corrected chi connectivity index (χ2v) is 9.73. The summed E-state index contributed by atoms with van der Waals surface area (Å²) in [5, 5.41) is 3.61. The molecule has 2 nitrogen and oxygen atoms in total. The Morgan fingerprint density at radius 3 is 2.62 bits per heavy atom. The summed E-state index contributed by atoms with van der Waals surface area (Å²) in [6, 6.07) is 16.2. The monoisotopic (exact) mass is 401 g/mol. The van der Waals surface area contributed by atoms with E-state index in [4.69, 9.17) is 11.2 Å². The highest BCUT2D eigenvalue weighted by Gasteiger charge is 2.40. The third-order valence-electron chi connectivity index (χ3n) is 5.93. The number of hydrogen-bond acceptors (Lipinski definition) is 2. The summed E-state index contributed by atoms with van der Waals surface area (Å²) < 4.78 is 7.15. The molecule has 1 aromatic heterocycles. The SMILES string of the molecule is C#CC(C)(OC(=O)c1ccc(-[s+]2cc(C)c3ccccc32)cc1)C1CCCC1=C. The number of benzene rings is 2. The number of esters is 1. The molecular formula is C26H25O2S+. The normalized spacial score (nSPS) is 19.0. The standard InChI is InChI=1S/C26H25O2S/c1-5-26(4,23-11-8-9-18(23)2)28-25(27)20-13-15-21(16-14-20)29-17-19(3)22-10-6-7-12-24(22)29/h1,6-7,10,12-17,23H,2,8-9,11H2,3-4H3/q+1. The molecule has 1 aliphatic carbocycles. The first kappa shape index (κ1) is 19.5. The summed E-state index contributed by atoms with van der Waals surface area (Å²) in [5.41, 5.74) is 1.96. The molecule has 0 amide bonds. The van der Waals surface area contributed by atoms with Gasteiger partial charge in [-0.15, -0.1) is 6.42 Å². The summed E-state index contributed by atoms with van der Waals surface area (Å²) >= 11 is 0. The topological polar surface area (TPSA) is 26.3 Å². The van der Waals surface area contributed by atoms with E-state index in [-0.39, 0.29) is 22.4 Å². The second kappa shape index (κ2) is 7.54. The van der Waals surface area contributed by atoms with Gasteiger partial charge in [0.1, 0.15) is 5.38 Å². The zero-order valence-electron chi connectivity index (χ0n) is 16.9. The van der Waals surface area contributed by atoms with Gasteiger partial charge in [-0.05, 0) is 69.5 Å². The van der Waals surface area contributed by atoms with E-state index in [1.54, 1.807) is 0 Å². The maximum absolute atomic E-state index is 12.8. The van der Waals surface area contributed by atoms with Gasteiger partial charge in [0.15, 0.2) is 15.2 Å². The zero-order valence-corrected chi connectivity index (χ0v) is 17.7. The Morgan fingerprint density at radius 1 is 1.24 bits per heavy atom. The van der Waals surface area contributed by atoms with Crippen LogP contribution >= 0.6 is 10.5 Å². The predicted octanol–water partition coefficient (Wildman–Crippen LogP) is 6.79. The van der Waals surface area contributed by atoms with Crippen LogP contribution in [0.1, 0.15) is 42.1 Å². The molecule has 3 unspecified atom stereocenters. The van der Waals surface area contributed by atoms with Crippen LogP contribution < -0.4 is 0 Å². The number of thiophene rings is 1. The minimum atomic E-state index is -0.949. The average Bonchev–Trinajstić information content (AvgIpc) is 3.32. The predicted molar refractivity (Wildman–Crippen MR) is 122 cm³/mol. The van der Waals surface area contributed by atoms with E-state index in [2.05, 4.69) is 49.1 Å². The Kier molecular flexibility index (Phi) is 5.06. The van der Waals surface area contributed by atoms with E-state index in [0.717, 1.165) is 24.8 Å². The van der Waals surface area contributed by atoms with Gasteiger partial charge in [0.25, 0.3) is 0 Å². The smallest absolute Gasteiger partial charge is 0.339 e. The van der Waals surface area contributed by atoms with Crippen molar-refractivity contribution in [3.63, 3.8) is 0 Å². The molecule has 1 fully saturated rings. The van der Waals surface area contributed by atoms with E-state index >= 15 is 0 Å². The molecule has 1 aliphatic rings. The van der Waals surface area contributed by atoms with E-state index < -0.39 is 5.60 Å². The lowest BCUT2D eigenvalue weighted by Crippen LogP contribution is -2.37. The van der Waals surface area contributed by atoms with Gasteiger partial charge in [0, 0.05) is 27.3 Å². The average molecular weight is 402 g/mol. The first-order valence-corrected chi connectivity index (χ1v) is 11.2. The van der Waals surface area contributed by atoms with E-state index in [9.17, 15) is 4.79 Å². The summed E-state index contributed by atoms with van der Waals surface area (Å²) in [6.07, 6.45) is 8.68. The highest BCUT2D eigenvalue weighted by molar-refractivity contribution is 7.43. The van der Waals surface area contributed by atoms with Crippen molar-refractivity contribution in [1.82, 2.24) is 0 Å². The maximum Gasteiger partial charge on any atom is 0.339 e. The summed E-state index contributed by atoms with van der Waals surface area (Å²) in [6.45, 7) is 8.09. The van der Waals surface area contributed by atoms with Crippen LogP contribution in [0.15, 0.2) is 66.1 Å². The van der Waals surface area contributed by atoms with E-state index in [0.29, 0.717) is 5.56 Å². The fourth-order valence-electron chi connectivity index (χ4n) is 4.25. The van der Waals surface area contributed by atoms with Crippen LogP contribution in [0.3, 0.4) is 0 Å². The van der Waals surface area contributed by atoms with Gasteiger partial charge in [0.2, 0.25) is 0 Å². The molecule has 0 bridgehead atoms. The highest BCUT2D eigenvalue weighted by atomic mass is 32.2. The van der Waals surface area contributed by atoms with Gasteiger partial charge < -0.3 is 4.74 Å². The number of aryl methyl sites for hydroxylation is 1. The Hall–Kier alpha value is -2.83. The van der Waals surface area contributed by atoms with Gasteiger partial charge in [-0.1, -0.05) is 30.2 Å². The molecule has 1 heterocycles. The van der Waals surface area contributed by atoms with Crippen LogP contribution in [-0.4, -0.2) is 11.6 Å². The number of carbonyl (C=O) groups excluding carboxylic acids is 1. The zero-order chi connectivity index (χ0) is 20.6. The number of terminal acetylenes is 1. The van der Waals surface area contributed by atoms with Crippen molar-refractivity contribution in [3.8, 4) is 17.2 Å². The molecule has 0 spiro atoms. The second-order valence-electron chi connectivity index (χ2n) is 7.90. The quantitative estimate of drug-likeness (QED) is 0.208. The minimum absolute atomic E-state index is 0.0281. The Morgan fingerprint density at radius 2 is 1.97 bits per heavy atom. The number of hydrogen-bond donors (Lipinski definition) is 0. The molecule has 0 N–H and O–H groups in total. The maximum atomic E-state index is 12.8. The lowest BCUT2D eigenvalue weighted by atomic mass is 9.85. The van der Waals surface area contributed by atoms with Crippen LogP contribution in [0.2, 0.25) is 0 Å². The Bertz CT molecular complexity index is 1130. The van der Waals surface area contributed by atoms with E-state index in [1.807, 2.05) is 31.2 Å². The van der Waals surface area contributed by atoms with Crippen LogP contribution in [0.5, 0.6) is 0 Å². The summed E-state index contributed by atoms with van der Waals surface area (Å²) in [4.78, 5) is 14.0. The summed E-state index contributed by atoms with van der Waals surface area (Å²) in [5.74, 6) is 2.36. The molecule has 146 valence electrons. The largest absolute Gasteiger partial charge is 0.442 e. The van der Waals surface area contributed by atoms with Crippen molar-refractivity contribution in [3.05, 3.63) is 77.2 Å². The molecule has 3 atom stereocenters. The third-order valence-corrected chi connectivity index (χ3v) is 8.13. The van der Waals surface area contributed by atoms with E-state index in [1.165, 1.54) is 20.5 Å². The number of rotatable bonds is 4. The minimum Gasteiger partial charge on any atom is -0.442 e. The first-order chi connectivity index (χ1) is 13.9. The highest BCUT2D eigenvalue weighted by Crippen LogP contribution is 2.42. The molecule has 0 radical (unpaired) electrons. The van der Waals surface area contributed by atoms with Crippen molar-refractivity contribution in [2.45, 2.75) is 38.7 Å². The van der Waals surface area contributed by atoms with Gasteiger partial charge in [-0.3, -0.25) is 0 Å². The van der Waals surface area contributed by atoms with Gasteiger partial charge in [-0.25, -0.2) is 4.79 Å². The van der Waals surface area contributed by atoms with Crippen molar-refractivity contribution >= 4 is 26.5 Å². The lowest BCUT2D eigenvalue weighted by Gasteiger charge is -2.31. The molecule has 1 saturated carbocycles. The summed E-state index contributed by atoms with van der Waals surface area (Å²) in [7, 11) is -0.103. The Balaban J connectivity index is 1.58. The van der Waals surface area contributed by atoms with Crippen LogP contribution in [0, 0.1) is 25.2 Å². The Labute approximate surface area is 175 Å². The molecule has 0 saturated heterocycles. The third kappa shape index (κ3) is 3.50. The van der Waals surface area contributed by atoms with Gasteiger partial charge in [0.05, 0.1) is 5.56 Å². The van der Waals surface area contributed by atoms with Gasteiger partial charge in [-0.2, -0.15) is 0 Å². The van der Waals surface area contributed by atoms with Crippen molar-refractivity contribution in [2.24, 2.45) is 5.92 Å². The molecule has 3 heteroatoms. The number of ether oxygens (including phenoxy) is 1. The first-order valence-electron chi connectivity index (χ1n) is 9.93. The lowest BCUT2D eigenvalue weighted by molar-refractivity contribution is -0.00150. The molecular weight excluding hydrogens is 376 g/mol. The molecule has 4 rings (SSSR count). The number of fused-ring (bicyclic) bond motifs is 1. The molecule has 3 aromatic rings. The van der Waals surface area contributed by atoms with Crippen molar-refractivity contribution < 1.29 is 9.53 Å².